The molecule has 0 bridgehead atoms. The number of aromatic nitrogens is 1. The highest BCUT2D eigenvalue weighted by Gasteiger charge is 2.32. The van der Waals surface area contributed by atoms with E-state index in [0.29, 0.717) is 35.9 Å². The average Bonchev–Trinajstić information content (AvgIpc) is 3.65. The molecule has 1 unspecified atom stereocenters. The Morgan fingerprint density at radius 2 is 2.03 bits per heavy atom. The summed E-state index contributed by atoms with van der Waals surface area (Å²) in [5, 5.41) is 12.6. The summed E-state index contributed by atoms with van der Waals surface area (Å²) < 4.78 is 13.7. The second-order valence-electron chi connectivity index (χ2n) is 9.16. The normalized spacial score (nSPS) is 14.1. The summed E-state index contributed by atoms with van der Waals surface area (Å²) in [4.78, 5) is 29.0. The van der Waals surface area contributed by atoms with Gasteiger partial charge >= 0.3 is 5.97 Å². The number of aryl methyl sites for hydroxylation is 1. The molecular formula is C27H33N3O5S. The van der Waals surface area contributed by atoms with Gasteiger partial charge in [-0.05, 0) is 50.2 Å². The molecule has 3 aromatic rings. The predicted octanol–water partition coefficient (Wildman–Crippen LogP) is 5.39. The predicted molar refractivity (Wildman–Crippen MR) is 143 cm³/mol. The smallest absolute Gasteiger partial charge is 0.305 e. The van der Waals surface area contributed by atoms with Gasteiger partial charge in [0.25, 0.3) is 5.91 Å². The van der Waals surface area contributed by atoms with E-state index in [1.165, 1.54) is 0 Å². The molecule has 9 heteroatoms. The van der Waals surface area contributed by atoms with Gasteiger partial charge in [0.15, 0.2) is 0 Å². The Morgan fingerprint density at radius 3 is 2.61 bits per heavy atom. The van der Waals surface area contributed by atoms with Gasteiger partial charge in [0.2, 0.25) is 5.71 Å². The zero-order valence-electron chi connectivity index (χ0n) is 21.2. The van der Waals surface area contributed by atoms with Gasteiger partial charge < -0.3 is 23.9 Å². The van der Waals surface area contributed by atoms with Crippen LogP contribution >= 0.6 is 11.9 Å². The van der Waals surface area contributed by atoms with Crippen LogP contribution in [0.3, 0.4) is 0 Å². The van der Waals surface area contributed by atoms with Gasteiger partial charge in [-0.15, -0.1) is 0 Å². The molecule has 0 spiro atoms. The lowest BCUT2D eigenvalue weighted by atomic mass is 10.0. The molecule has 1 saturated carbocycles. The Morgan fingerprint density at radius 1 is 1.31 bits per heavy atom. The highest BCUT2D eigenvalue weighted by Crippen LogP contribution is 2.47. The van der Waals surface area contributed by atoms with Crippen molar-refractivity contribution in [3.63, 3.8) is 0 Å². The van der Waals surface area contributed by atoms with E-state index in [0.717, 1.165) is 47.2 Å². The molecule has 1 fully saturated rings. The van der Waals surface area contributed by atoms with E-state index in [1.54, 1.807) is 26.1 Å². The van der Waals surface area contributed by atoms with Crippen LogP contribution in [0, 0.1) is 6.92 Å². The number of carboxylic acid groups (broad SMARTS) is 1. The van der Waals surface area contributed by atoms with Gasteiger partial charge in [-0.25, -0.2) is 0 Å². The van der Waals surface area contributed by atoms with Crippen LogP contribution in [-0.4, -0.2) is 55.0 Å². The molecule has 2 N–H and O–H groups in total. The maximum atomic E-state index is 13.0. The van der Waals surface area contributed by atoms with Crippen LogP contribution in [0.1, 0.15) is 59.5 Å². The first-order valence-corrected chi connectivity index (χ1v) is 13.4. The van der Waals surface area contributed by atoms with Crippen molar-refractivity contribution in [1.82, 2.24) is 10.3 Å². The minimum absolute atomic E-state index is 0.0102. The third kappa shape index (κ3) is 5.68. The molecule has 1 aliphatic carbocycles. The summed E-state index contributed by atoms with van der Waals surface area (Å²) in [6.45, 7) is 2.71. The largest absolute Gasteiger partial charge is 0.481 e. The number of hydrogen-bond donors (Lipinski definition) is 2. The van der Waals surface area contributed by atoms with E-state index in [2.05, 4.69) is 15.7 Å². The average molecular weight is 512 g/mol. The Hall–Kier alpha value is -3.04. The Labute approximate surface area is 215 Å². The van der Waals surface area contributed by atoms with Crippen molar-refractivity contribution in [3.05, 3.63) is 47.0 Å². The molecule has 0 radical (unpaired) electrons. The summed E-state index contributed by atoms with van der Waals surface area (Å²) in [7, 11) is 3.17. The molecule has 2 aromatic heterocycles. The number of benzene rings is 1. The fraction of sp³-hybridized carbons (Fsp3) is 0.444. The molecular weight excluding hydrogens is 478 g/mol. The zero-order chi connectivity index (χ0) is 25.8. The Kier molecular flexibility index (Phi) is 8.21. The van der Waals surface area contributed by atoms with Gasteiger partial charge in [0.1, 0.15) is 11.6 Å². The number of anilines is 1. The van der Waals surface area contributed by atoms with Gasteiger partial charge in [-0.1, -0.05) is 41.8 Å². The number of rotatable bonds is 12. The number of furan rings is 1. The molecule has 1 amide bonds. The number of carboxylic acids is 1. The molecule has 0 aliphatic heterocycles. The molecule has 192 valence electrons. The minimum atomic E-state index is -0.860. The van der Waals surface area contributed by atoms with E-state index >= 15 is 0 Å². The highest BCUT2D eigenvalue weighted by molar-refractivity contribution is 7.99. The number of ether oxygens (including phenoxy) is 1. The van der Waals surface area contributed by atoms with Gasteiger partial charge in [0.05, 0.1) is 23.5 Å². The molecule has 0 saturated heterocycles. The number of amides is 1. The fourth-order valence-electron chi connectivity index (χ4n) is 4.43. The van der Waals surface area contributed by atoms with E-state index in [-0.39, 0.29) is 18.4 Å². The second kappa shape index (κ2) is 11.3. The highest BCUT2D eigenvalue weighted by atomic mass is 32.2. The van der Waals surface area contributed by atoms with Crippen LogP contribution in [-0.2, 0) is 9.53 Å². The Balaban J connectivity index is 1.71. The third-order valence-corrected chi connectivity index (χ3v) is 7.35. The Bertz CT molecular complexity index is 1240. The van der Waals surface area contributed by atoms with Crippen molar-refractivity contribution in [2.45, 2.75) is 51.0 Å². The van der Waals surface area contributed by atoms with Gasteiger partial charge in [0, 0.05) is 32.5 Å². The summed E-state index contributed by atoms with van der Waals surface area (Å²) in [5.41, 5.74) is 4.01. The number of carbonyl (C=O) groups is 2. The molecule has 36 heavy (non-hydrogen) atoms. The monoisotopic (exact) mass is 511 g/mol. The van der Waals surface area contributed by atoms with Crippen LogP contribution in [0.25, 0.3) is 22.4 Å². The van der Waals surface area contributed by atoms with Gasteiger partial charge in [-0.3, -0.25) is 9.59 Å². The lowest BCUT2D eigenvalue weighted by molar-refractivity contribution is -0.139. The van der Waals surface area contributed by atoms with Crippen LogP contribution < -0.4 is 9.62 Å². The van der Waals surface area contributed by atoms with Crippen LogP contribution in [0.2, 0.25) is 0 Å². The maximum absolute atomic E-state index is 13.0. The molecule has 1 atom stereocenters. The van der Waals surface area contributed by atoms with E-state index in [4.69, 9.17) is 19.2 Å². The van der Waals surface area contributed by atoms with Crippen molar-refractivity contribution in [2.75, 3.05) is 31.3 Å². The molecule has 4 rings (SSSR count). The number of aliphatic carboxylic acids is 1. The summed E-state index contributed by atoms with van der Waals surface area (Å²) in [6.07, 6.45) is 5.25. The molecule has 1 aromatic carbocycles. The van der Waals surface area contributed by atoms with Crippen LogP contribution in [0.4, 0.5) is 5.82 Å². The quantitative estimate of drug-likeness (QED) is 0.312. The zero-order valence-corrected chi connectivity index (χ0v) is 22.0. The van der Waals surface area contributed by atoms with Crippen molar-refractivity contribution < 1.29 is 23.8 Å². The standard InChI is InChI=1S/C27H33N3O5S/c1-16-7-9-18(10-8-16)24-23(26(33)28-2)21-15-20(17-11-12-17)25(29-27(21)35-24)30(36-4)13-5-6-19(34-3)14-22(31)32/h7-10,15,17,19H,5-6,11-14H2,1-4H3,(H,28,33)(H,31,32). The van der Waals surface area contributed by atoms with E-state index in [1.807, 2.05) is 37.4 Å². The molecule has 1 aliphatic rings. The number of methoxy groups -OCH3 is 1. The van der Waals surface area contributed by atoms with Crippen molar-refractivity contribution in [1.29, 1.82) is 0 Å². The summed E-state index contributed by atoms with van der Waals surface area (Å²) in [6, 6.07) is 9.99. The lowest BCUT2D eigenvalue weighted by Gasteiger charge is -2.24. The van der Waals surface area contributed by atoms with E-state index in [9.17, 15) is 9.59 Å². The first kappa shape index (κ1) is 26.0. The van der Waals surface area contributed by atoms with Crippen LogP contribution in [0.5, 0.6) is 0 Å². The lowest BCUT2D eigenvalue weighted by Crippen LogP contribution is -2.22. The SMILES string of the molecule is CNC(=O)c1c(-c2ccc(C)cc2)oc2nc(N(CCCC(CC(=O)O)OC)SC)c(C3CC3)cc12. The van der Waals surface area contributed by atoms with Crippen molar-refractivity contribution >= 4 is 40.7 Å². The fourth-order valence-corrected chi connectivity index (χ4v) is 5.06. The maximum Gasteiger partial charge on any atom is 0.305 e. The van der Waals surface area contributed by atoms with Crippen molar-refractivity contribution in [2.24, 2.45) is 0 Å². The number of hydrogen-bond acceptors (Lipinski definition) is 7. The second-order valence-corrected chi connectivity index (χ2v) is 9.97. The molecule has 2 heterocycles. The number of carbonyl (C=O) groups excluding carboxylic acids is 1. The number of nitrogens with zero attached hydrogens (tertiary/aromatic N) is 2. The van der Waals surface area contributed by atoms with Gasteiger partial charge in [-0.2, -0.15) is 4.98 Å². The van der Waals surface area contributed by atoms with Crippen LogP contribution in [0.15, 0.2) is 34.7 Å². The number of fused-ring (bicyclic) bond motifs is 1. The summed E-state index contributed by atoms with van der Waals surface area (Å²) in [5.74, 6) is 0.702. The minimum Gasteiger partial charge on any atom is -0.481 e. The topological polar surface area (TPSA) is 105 Å². The summed E-state index contributed by atoms with van der Waals surface area (Å²) >= 11 is 1.58. The number of pyridine rings is 1. The first-order chi connectivity index (χ1) is 17.4. The third-order valence-electron chi connectivity index (χ3n) is 6.56. The first-order valence-electron chi connectivity index (χ1n) is 12.2. The number of nitrogens with one attached hydrogen (secondary N) is 1. The van der Waals surface area contributed by atoms with E-state index < -0.39 is 5.97 Å². The molecule has 8 nitrogen and oxygen atoms in total. The van der Waals surface area contributed by atoms with Crippen molar-refractivity contribution in [3.8, 4) is 11.3 Å².